The van der Waals surface area contributed by atoms with Gasteiger partial charge in [0.1, 0.15) is 5.76 Å². The maximum Gasteiger partial charge on any atom is 0.141 e. The van der Waals surface area contributed by atoms with Gasteiger partial charge in [-0.15, -0.1) is 0 Å². The third-order valence-electron chi connectivity index (χ3n) is 5.35. The maximum atomic E-state index is 6.44. The van der Waals surface area contributed by atoms with E-state index in [1.807, 2.05) is 63.8 Å². The molecule has 5 rings (SSSR count). The second-order valence-corrected chi connectivity index (χ2v) is 7.86. The Morgan fingerprint density at radius 3 is 2.60 bits per heavy atom. The maximum absolute atomic E-state index is 6.44. The number of pyridine rings is 1. The standard InChI is InChI=1S/C23H20ClN5O/c1-14-22(15(2)30-27-14)17-8-21-23(25-9-17)19(18-10-26-28(3)11-18)13-29(21)12-16-6-4-5-7-20(16)24/h4-11,13H,12H2,1-3H3. The lowest BCUT2D eigenvalue weighted by Crippen LogP contribution is -1.99. The zero-order chi connectivity index (χ0) is 20.8. The molecule has 5 aromatic rings. The molecule has 4 heterocycles. The number of fused-ring (bicyclic) bond motifs is 1. The van der Waals surface area contributed by atoms with E-state index in [1.54, 1.807) is 4.68 Å². The summed E-state index contributed by atoms with van der Waals surface area (Å²) in [6.07, 6.45) is 7.86. The van der Waals surface area contributed by atoms with Crippen molar-refractivity contribution < 1.29 is 4.52 Å². The minimum atomic E-state index is 0.642. The van der Waals surface area contributed by atoms with E-state index in [4.69, 9.17) is 21.1 Å². The van der Waals surface area contributed by atoms with Gasteiger partial charge in [-0.05, 0) is 31.5 Å². The number of aryl methyl sites for hydroxylation is 3. The van der Waals surface area contributed by atoms with E-state index < -0.39 is 0 Å². The number of rotatable bonds is 4. The monoisotopic (exact) mass is 417 g/mol. The van der Waals surface area contributed by atoms with Crippen molar-refractivity contribution in [3.63, 3.8) is 0 Å². The van der Waals surface area contributed by atoms with Gasteiger partial charge in [0.05, 0.1) is 22.9 Å². The molecular formula is C23H20ClN5O. The molecule has 6 nitrogen and oxygen atoms in total. The Morgan fingerprint density at radius 2 is 1.90 bits per heavy atom. The van der Waals surface area contributed by atoms with Crippen molar-refractivity contribution in [1.29, 1.82) is 0 Å². The number of halogens is 1. The molecule has 1 aromatic carbocycles. The van der Waals surface area contributed by atoms with Crippen molar-refractivity contribution in [1.82, 2.24) is 24.5 Å². The van der Waals surface area contributed by atoms with Crippen LogP contribution in [0.15, 0.2) is 59.6 Å². The van der Waals surface area contributed by atoms with Crippen LogP contribution in [0, 0.1) is 13.8 Å². The molecule has 150 valence electrons. The van der Waals surface area contributed by atoms with Crippen LogP contribution in [-0.4, -0.2) is 24.5 Å². The molecule has 0 aliphatic heterocycles. The van der Waals surface area contributed by atoms with Gasteiger partial charge in [-0.3, -0.25) is 9.67 Å². The summed E-state index contributed by atoms with van der Waals surface area (Å²) < 4.78 is 9.35. The fourth-order valence-electron chi connectivity index (χ4n) is 3.91. The Bertz CT molecular complexity index is 1360. The Balaban J connectivity index is 1.72. The van der Waals surface area contributed by atoms with E-state index in [0.717, 1.165) is 55.3 Å². The Hall–Kier alpha value is -3.38. The van der Waals surface area contributed by atoms with Crippen LogP contribution in [0.4, 0.5) is 0 Å². The molecule has 0 bridgehead atoms. The average molecular weight is 418 g/mol. The lowest BCUT2D eigenvalue weighted by Gasteiger charge is -2.08. The second kappa shape index (κ2) is 7.15. The van der Waals surface area contributed by atoms with E-state index in [9.17, 15) is 0 Å². The molecule has 0 saturated carbocycles. The molecular weight excluding hydrogens is 398 g/mol. The second-order valence-electron chi connectivity index (χ2n) is 7.46. The van der Waals surface area contributed by atoms with Crippen molar-refractivity contribution in [2.75, 3.05) is 0 Å². The fraction of sp³-hybridized carbons (Fsp3) is 0.174. The van der Waals surface area contributed by atoms with Crippen molar-refractivity contribution in [3.8, 4) is 22.3 Å². The molecule has 0 saturated heterocycles. The number of hydrogen-bond donors (Lipinski definition) is 0. The lowest BCUT2D eigenvalue weighted by molar-refractivity contribution is 0.393. The van der Waals surface area contributed by atoms with Crippen LogP contribution in [-0.2, 0) is 13.6 Å². The lowest BCUT2D eigenvalue weighted by atomic mass is 10.1. The summed E-state index contributed by atoms with van der Waals surface area (Å²) in [6.45, 7) is 4.51. The summed E-state index contributed by atoms with van der Waals surface area (Å²) >= 11 is 6.44. The summed E-state index contributed by atoms with van der Waals surface area (Å²) in [5.74, 6) is 0.783. The molecule has 0 N–H and O–H groups in total. The summed E-state index contributed by atoms with van der Waals surface area (Å²) in [7, 11) is 1.91. The number of hydrogen-bond acceptors (Lipinski definition) is 4. The predicted octanol–water partition coefficient (Wildman–Crippen LogP) is 5.41. The molecule has 0 aliphatic rings. The summed E-state index contributed by atoms with van der Waals surface area (Å²) in [6, 6.07) is 10.0. The molecule has 0 radical (unpaired) electrons. The minimum Gasteiger partial charge on any atom is -0.361 e. The van der Waals surface area contributed by atoms with E-state index >= 15 is 0 Å². The third kappa shape index (κ3) is 3.09. The largest absolute Gasteiger partial charge is 0.361 e. The molecule has 0 atom stereocenters. The molecule has 0 unspecified atom stereocenters. The average Bonchev–Trinajstić information content (AvgIpc) is 3.41. The SMILES string of the molecule is Cc1noc(C)c1-c1cnc2c(-c3cnn(C)c3)cn(Cc3ccccc3Cl)c2c1. The molecule has 0 amide bonds. The number of aromatic nitrogens is 5. The van der Waals surface area contributed by atoms with Gasteiger partial charge in [-0.2, -0.15) is 5.10 Å². The highest BCUT2D eigenvalue weighted by Crippen LogP contribution is 2.34. The molecule has 4 aromatic heterocycles. The van der Waals surface area contributed by atoms with Crippen molar-refractivity contribution >= 4 is 22.6 Å². The zero-order valence-electron chi connectivity index (χ0n) is 16.9. The van der Waals surface area contributed by atoms with Crippen molar-refractivity contribution in [3.05, 3.63) is 77.2 Å². The normalized spacial score (nSPS) is 11.5. The van der Waals surface area contributed by atoms with Crippen molar-refractivity contribution in [2.24, 2.45) is 7.05 Å². The van der Waals surface area contributed by atoms with Gasteiger partial charge in [0.25, 0.3) is 0 Å². The smallest absolute Gasteiger partial charge is 0.141 e. The van der Waals surface area contributed by atoms with Crippen LogP contribution in [0.1, 0.15) is 17.0 Å². The third-order valence-corrected chi connectivity index (χ3v) is 5.72. The summed E-state index contributed by atoms with van der Waals surface area (Å²) in [5, 5.41) is 9.17. The van der Waals surface area contributed by atoms with Gasteiger partial charge in [0, 0.05) is 59.5 Å². The predicted molar refractivity (Wildman–Crippen MR) is 117 cm³/mol. The van der Waals surface area contributed by atoms with Crippen LogP contribution < -0.4 is 0 Å². The van der Waals surface area contributed by atoms with E-state index in [2.05, 4.69) is 27.1 Å². The fourth-order valence-corrected chi connectivity index (χ4v) is 4.11. The van der Waals surface area contributed by atoms with Gasteiger partial charge in [-0.25, -0.2) is 0 Å². The van der Waals surface area contributed by atoms with E-state index in [-0.39, 0.29) is 0 Å². The first-order valence-electron chi connectivity index (χ1n) is 9.66. The van der Waals surface area contributed by atoms with Gasteiger partial charge >= 0.3 is 0 Å². The van der Waals surface area contributed by atoms with Gasteiger partial charge in [0.15, 0.2) is 0 Å². The van der Waals surface area contributed by atoms with E-state index in [0.29, 0.717) is 6.54 Å². The first-order valence-corrected chi connectivity index (χ1v) is 10.0. The molecule has 7 heteroatoms. The van der Waals surface area contributed by atoms with Crippen molar-refractivity contribution in [2.45, 2.75) is 20.4 Å². The van der Waals surface area contributed by atoms with Gasteiger partial charge in [-0.1, -0.05) is 35.0 Å². The molecule has 30 heavy (non-hydrogen) atoms. The molecule has 0 fully saturated rings. The quantitative estimate of drug-likeness (QED) is 0.392. The Kier molecular flexibility index (Phi) is 4.44. The first-order chi connectivity index (χ1) is 14.5. The van der Waals surface area contributed by atoms with E-state index in [1.165, 1.54) is 0 Å². The van der Waals surface area contributed by atoms with Crippen LogP contribution in [0.25, 0.3) is 33.3 Å². The summed E-state index contributed by atoms with van der Waals surface area (Å²) in [4.78, 5) is 4.83. The number of nitrogens with zero attached hydrogens (tertiary/aromatic N) is 5. The van der Waals surface area contributed by atoms with Gasteiger partial charge in [0.2, 0.25) is 0 Å². The van der Waals surface area contributed by atoms with Crippen LogP contribution in [0.2, 0.25) is 5.02 Å². The topological polar surface area (TPSA) is 61.7 Å². The minimum absolute atomic E-state index is 0.642. The van der Waals surface area contributed by atoms with Gasteiger partial charge < -0.3 is 9.09 Å². The highest BCUT2D eigenvalue weighted by atomic mass is 35.5. The highest BCUT2D eigenvalue weighted by Gasteiger charge is 2.18. The van der Waals surface area contributed by atoms with Crippen LogP contribution in [0.5, 0.6) is 0 Å². The molecule has 0 aliphatic carbocycles. The zero-order valence-corrected chi connectivity index (χ0v) is 17.7. The van der Waals surface area contributed by atoms with Crippen LogP contribution in [0.3, 0.4) is 0 Å². The Morgan fingerprint density at radius 1 is 1.07 bits per heavy atom. The summed E-state index contributed by atoms with van der Waals surface area (Å²) in [5.41, 5.74) is 7.88. The molecule has 0 spiro atoms. The Labute approximate surface area is 178 Å². The van der Waals surface area contributed by atoms with Crippen LogP contribution >= 0.6 is 11.6 Å². The number of benzene rings is 1. The highest BCUT2D eigenvalue weighted by molar-refractivity contribution is 6.31. The first kappa shape index (κ1) is 18.6.